The second-order valence-electron chi connectivity index (χ2n) is 4.59. The molecule has 2 aromatic rings. The lowest BCUT2D eigenvalue weighted by Crippen LogP contribution is -2.17. The zero-order valence-electron chi connectivity index (χ0n) is 12.1. The standard InChI is InChI=1S/C12H18ClN7/c1-5-6-14-10-15-11(19(3)4)17-12(16-10)20-7-9(13)8(2)18-20/h7H,5-6H2,1-4H3,(H,14,15,16,17). The average molecular weight is 296 g/mol. The Bertz CT molecular complexity index is 574. The van der Waals surface area contributed by atoms with Crippen LogP contribution in [0.2, 0.25) is 5.02 Å². The molecule has 1 N–H and O–H groups in total. The minimum atomic E-state index is 0.442. The van der Waals surface area contributed by atoms with Gasteiger partial charge in [-0.15, -0.1) is 0 Å². The van der Waals surface area contributed by atoms with Crippen LogP contribution in [-0.2, 0) is 0 Å². The third-order valence-corrected chi connectivity index (χ3v) is 2.96. The van der Waals surface area contributed by atoms with Crippen molar-refractivity contribution in [2.75, 3.05) is 30.9 Å². The summed E-state index contributed by atoms with van der Waals surface area (Å²) < 4.78 is 1.56. The Morgan fingerprint density at radius 3 is 2.60 bits per heavy atom. The van der Waals surface area contributed by atoms with Crippen molar-refractivity contribution in [3.63, 3.8) is 0 Å². The summed E-state index contributed by atoms with van der Waals surface area (Å²) in [5.74, 6) is 1.54. The van der Waals surface area contributed by atoms with Gasteiger partial charge < -0.3 is 10.2 Å². The number of aryl methyl sites for hydroxylation is 1. The first-order valence-corrected chi connectivity index (χ1v) is 6.78. The molecule has 0 unspecified atom stereocenters. The Balaban J connectivity index is 2.43. The molecular weight excluding hydrogens is 278 g/mol. The van der Waals surface area contributed by atoms with E-state index in [4.69, 9.17) is 11.6 Å². The minimum Gasteiger partial charge on any atom is -0.354 e. The van der Waals surface area contributed by atoms with Gasteiger partial charge in [-0.3, -0.25) is 0 Å². The van der Waals surface area contributed by atoms with E-state index >= 15 is 0 Å². The summed E-state index contributed by atoms with van der Waals surface area (Å²) in [4.78, 5) is 14.9. The van der Waals surface area contributed by atoms with Crippen LogP contribution in [-0.4, -0.2) is 45.4 Å². The Hall–Kier alpha value is -1.89. The molecule has 0 radical (unpaired) electrons. The lowest BCUT2D eigenvalue weighted by Gasteiger charge is -2.13. The predicted molar refractivity (Wildman–Crippen MR) is 79.8 cm³/mol. The van der Waals surface area contributed by atoms with Crippen LogP contribution in [0, 0.1) is 6.92 Å². The van der Waals surface area contributed by atoms with Crippen LogP contribution >= 0.6 is 11.6 Å². The van der Waals surface area contributed by atoms with Crippen LogP contribution in [0.25, 0.3) is 5.95 Å². The van der Waals surface area contributed by atoms with E-state index in [-0.39, 0.29) is 0 Å². The maximum atomic E-state index is 6.02. The molecule has 0 fully saturated rings. The number of nitrogens with one attached hydrogen (secondary N) is 1. The van der Waals surface area contributed by atoms with Crippen LogP contribution in [0.4, 0.5) is 11.9 Å². The van der Waals surface area contributed by atoms with Crippen LogP contribution in [0.5, 0.6) is 0 Å². The summed E-state index contributed by atoms with van der Waals surface area (Å²) in [6.45, 7) is 4.72. The number of hydrogen-bond donors (Lipinski definition) is 1. The van der Waals surface area contributed by atoms with Gasteiger partial charge in [-0.1, -0.05) is 18.5 Å². The largest absolute Gasteiger partial charge is 0.354 e. The van der Waals surface area contributed by atoms with Crippen molar-refractivity contribution < 1.29 is 0 Å². The first kappa shape index (κ1) is 14.5. The topological polar surface area (TPSA) is 71.8 Å². The molecule has 7 nitrogen and oxygen atoms in total. The molecule has 0 amide bonds. The maximum absolute atomic E-state index is 6.02. The summed E-state index contributed by atoms with van der Waals surface area (Å²) in [6.07, 6.45) is 2.68. The van der Waals surface area contributed by atoms with E-state index in [0.29, 0.717) is 22.9 Å². The minimum absolute atomic E-state index is 0.442. The SMILES string of the molecule is CCCNc1nc(N(C)C)nc(-n2cc(Cl)c(C)n2)n1. The van der Waals surface area contributed by atoms with Crippen molar-refractivity contribution in [1.29, 1.82) is 0 Å². The first-order chi connectivity index (χ1) is 9.51. The van der Waals surface area contributed by atoms with Gasteiger partial charge in [-0.25, -0.2) is 4.68 Å². The zero-order chi connectivity index (χ0) is 14.7. The van der Waals surface area contributed by atoms with Crippen LogP contribution in [0.1, 0.15) is 19.0 Å². The molecular formula is C12H18ClN7. The van der Waals surface area contributed by atoms with E-state index in [1.807, 2.05) is 25.9 Å². The van der Waals surface area contributed by atoms with Crippen molar-refractivity contribution in [2.24, 2.45) is 0 Å². The molecule has 0 spiro atoms. The van der Waals surface area contributed by atoms with Gasteiger partial charge >= 0.3 is 0 Å². The smallest absolute Gasteiger partial charge is 0.257 e. The number of rotatable bonds is 5. The van der Waals surface area contributed by atoms with Gasteiger partial charge in [0.05, 0.1) is 16.9 Å². The van der Waals surface area contributed by atoms with E-state index in [1.54, 1.807) is 10.9 Å². The molecule has 20 heavy (non-hydrogen) atoms. The van der Waals surface area contributed by atoms with Crippen molar-refractivity contribution >= 4 is 23.5 Å². The molecule has 8 heteroatoms. The Labute approximate surface area is 123 Å². The van der Waals surface area contributed by atoms with Crippen LogP contribution in [0.3, 0.4) is 0 Å². The molecule has 0 aliphatic rings. The number of nitrogens with zero attached hydrogens (tertiary/aromatic N) is 6. The van der Waals surface area contributed by atoms with Gasteiger partial charge in [0.25, 0.3) is 5.95 Å². The second kappa shape index (κ2) is 6.04. The monoisotopic (exact) mass is 295 g/mol. The highest BCUT2D eigenvalue weighted by molar-refractivity contribution is 6.31. The van der Waals surface area contributed by atoms with Gasteiger partial charge in [0.2, 0.25) is 11.9 Å². The van der Waals surface area contributed by atoms with Crippen LogP contribution in [0.15, 0.2) is 6.20 Å². The normalized spacial score (nSPS) is 10.7. The van der Waals surface area contributed by atoms with E-state index < -0.39 is 0 Å². The molecule has 0 aromatic carbocycles. The number of halogens is 1. The van der Waals surface area contributed by atoms with E-state index in [9.17, 15) is 0 Å². The van der Waals surface area contributed by atoms with Crippen molar-refractivity contribution in [3.05, 3.63) is 16.9 Å². The molecule has 0 saturated carbocycles. The van der Waals surface area contributed by atoms with Gasteiger partial charge in [0.15, 0.2) is 0 Å². The molecule has 0 aliphatic heterocycles. The lowest BCUT2D eigenvalue weighted by molar-refractivity contribution is 0.778. The summed E-state index contributed by atoms with van der Waals surface area (Å²) in [6, 6.07) is 0. The molecule has 0 atom stereocenters. The van der Waals surface area contributed by atoms with E-state index in [1.165, 1.54) is 0 Å². The number of aromatic nitrogens is 5. The van der Waals surface area contributed by atoms with Gasteiger partial charge in [-0.2, -0.15) is 20.1 Å². The quantitative estimate of drug-likeness (QED) is 0.908. The highest BCUT2D eigenvalue weighted by atomic mass is 35.5. The van der Waals surface area contributed by atoms with E-state index in [0.717, 1.165) is 18.7 Å². The molecule has 0 saturated heterocycles. The second-order valence-corrected chi connectivity index (χ2v) is 4.99. The van der Waals surface area contributed by atoms with E-state index in [2.05, 4.69) is 32.3 Å². The highest BCUT2D eigenvalue weighted by Gasteiger charge is 2.12. The third kappa shape index (κ3) is 3.16. The molecule has 2 aromatic heterocycles. The van der Waals surface area contributed by atoms with Gasteiger partial charge in [0.1, 0.15) is 0 Å². The molecule has 0 bridgehead atoms. The Morgan fingerprint density at radius 2 is 2.05 bits per heavy atom. The summed E-state index contributed by atoms with van der Waals surface area (Å²) in [5.41, 5.74) is 0.738. The zero-order valence-corrected chi connectivity index (χ0v) is 12.8. The maximum Gasteiger partial charge on any atom is 0.257 e. The molecule has 108 valence electrons. The predicted octanol–water partition coefficient (Wildman–Crippen LogP) is 1.91. The van der Waals surface area contributed by atoms with Gasteiger partial charge in [-0.05, 0) is 13.3 Å². The lowest BCUT2D eigenvalue weighted by atomic mass is 10.5. The van der Waals surface area contributed by atoms with Crippen molar-refractivity contribution in [3.8, 4) is 5.95 Å². The fraction of sp³-hybridized carbons (Fsp3) is 0.500. The van der Waals surface area contributed by atoms with Crippen LogP contribution < -0.4 is 10.2 Å². The highest BCUT2D eigenvalue weighted by Crippen LogP contribution is 2.16. The Morgan fingerprint density at radius 1 is 1.30 bits per heavy atom. The third-order valence-electron chi connectivity index (χ3n) is 2.59. The summed E-state index contributed by atoms with van der Waals surface area (Å²) in [7, 11) is 3.76. The fourth-order valence-electron chi connectivity index (χ4n) is 1.51. The first-order valence-electron chi connectivity index (χ1n) is 6.40. The van der Waals surface area contributed by atoms with Crippen molar-refractivity contribution in [1.82, 2.24) is 24.7 Å². The average Bonchev–Trinajstić information content (AvgIpc) is 2.76. The number of hydrogen-bond acceptors (Lipinski definition) is 6. The number of anilines is 2. The van der Waals surface area contributed by atoms with Gasteiger partial charge in [0, 0.05) is 20.6 Å². The summed E-state index contributed by atoms with van der Waals surface area (Å²) >= 11 is 6.02. The summed E-state index contributed by atoms with van der Waals surface area (Å²) in [5, 5.41) is 8.03. The Kier molecular flexibility index (Phi) is 4.39. The van der Waals surface area contributed by atoms with Crippen molar-refractivity contribution in [2.45, 2.75) is 20.3 Å². The molecule has 2 heterocycles. The molecule has 2 rings (SSSR count). The molecule has 0 aliphatic carbocycles. The fourth-order valence-corrected chi connectivity index (χ4v) is 1.64.